The molecular weight excluding hydrogens is 1350 g/mol. The van der Waals surface area contributed by atoms with Crippen LogP contribution in [0, 0.1) is 77.0 Å². The average molecular weight is 1410 g/mol. The number of ether oxygens (including phenoxy) is 1. The van der Waals surface area contributed by atoms with Gasteiger partial charge in [0.15, 0.2) is 46.5 Å². The van der Waals surface area contributed by atoms with Gasteiger partial charge in [0.25, 0.3) is 0 Å². The Hall–Kier alpha value is -7.90. The fourth-order valence-electron chi connectivity index (χ4n) is 13.5. The number of hydrogen-bond donors (Lipinski definition) is 0. The number of nitrogens with zero attached hydrogens (tertiary/aromatic N) is 4. The first-order valence-corrected chi connectivity index (χ1v) is 30.1. The van der Waals surface area contributed by atoms with E-state index >= 15 is 35.1 Å². The summed E-state index contributed by atoms with van der Waals surface area (Å²) in [7, 11) is 0. The Balaban J connectivity index is 0.00000785. The fraction of sp³-hybridized carbons (Fsp3) is 0.270. The van der Waals surface area contributed by atoms with Crippen LogP contribution in [0.2, 0.25) is 0 Å². The normalized spacial score (nSPS) is 15.1. The molecule has 0 radical (unpaired) electrons. The van der Waals surface area contributed by atoms with E-state index in [-0.39, 0.29) is 55.3 Å². The van der Waals surface area contributed by atoms with Gasteiger partial charge in [0.2, 0.25) is 11.6 Å². The topological polar surface area (TPSA) is 33.5 Å². The third-order valence-corrected chi connectivity index (χ3v) is 18.0. The number of halogens is 10. The minimum absolute atomic E-state index is 0. The van der Waals surface area contributed by atoms with Gasteiger partial charge in [-0.15, -0.1) is 53.6 Å². The van der Waals surface area contributed by atoms with Crippen LogP contribution in [0.25, 0.3) is 61.0 Å². The Morgan fingerprint density at radius 1 is 0.478 bits per heavy atom. The van der Waals surface area contributed by atoms with Crippen molar-refractivity contribution in [3.05, 3.63) is 221 Å². The Morgan fingerprint density at radius 3 is 1.53 bits per heavy atom. The van der Waals surface area contributed by atoms with Gasteiger partial charge < -0.3 is 19.1 Å². The van der Waals surface area contributed by atoms with Gasteiger partial charge in [-0.3, -0.25) is 0 Å². The number of fused-ring (bicyclic) bond motifs is 4. The van der Waals surface area contributed by atoms with Crippen molar-refractivity contribution in [2.45, 2.75) is 128 Å². The minimum Gasteiger partial charge on any atom is -0.509 e. The summed E-state index contributed by atoms with van der Waals surface area (Å²) in [5.74, 6) is -21.9. The molecule has 0 bridgehead atoms. The zero-order valence-corrected chi connectivity index (χ0v) is 52.4. The van der Waals surface area contributed by atoms with Crippen LogP contribution in [0.4, 0.5) is 66.7 Å². The first-order valence-electron chi connectivity index (χ1n) is 30.1. The molecule has 13 rings (SSSR count). The van der Waals surface area contributed by atoms with Gasteiger partial charge >= 0.3 is 0 Å². The molecule has 16 heteroatoms. The molecule has 1 aliphatic heterocycles. The number of rotatable bonds is 10. The zero-order chi connectivity index (χ0) is 62.5. The summed E-state index contributed by atoms with van der Waals surface area (Å²) in [6.45, 7) is 12.5. The number of aromatic nitrogens is 2. The van der Waals surface area contributed by atoms with Gasteiger partial charge in [-0.1, -0.05) is 134 Å². The van der Waals surface area contributed by atoms with Gasteiger partial charge in [0.1, 0.15) is 5.82 Å². The molecule has 3 aliphatic rings. The van der Waals surface area contributed by atoms with E-state index in [4.69, 9.17) is 9.72 Å². The predicted molar refractivity (Wildman–Crippen MR) is 329 cm³/mol. The Kier molecular flexibility index (Phi) is 16.6. The van der Waals surface area contributed by atoms with Crippen molar-refractivity contribution >= 4 is 44.6 Å². The number of pyridine rings is 1. The van der Waals surface area contributed by atoms with Crippen molar-refractivity contribution < 1.29 is 69.7 Å². The molecule has 3 heterocycles. The van der Waals surface area contributed by atoms with Crippen LogP contribution in [-0.4, -0.2) is 9.55 Å². The average Bonchev–Trinajstić information content (AvgIpc) is 1.34. The molecular formula is C74H61F10N4OPt-3. The molecule has 0 atom stereocenters. The summed E-state index contributed by atoms with van der Waals surface area (Å²) in [6, 6.07) is 42.0. The molecule has 10 aromatic rings. The number of benzene rings is 8. The summed E-state index contributed by atoms with van der Waals surface area (Å²) in [6.07, 6.45) is 12.1. The van der Waals surface area contributed by atoms with Crippen molar-refractivity contribution in [2.75, 3.05) is 9.80 Å². The maximum Gasteiger partial charge on any atom is 0.200 e. The van der Waals surface area contributed by atoms with E-state index in [9.17, 15) is 8.78 Å². The molecule has 0 N–H and O–H groups in total. The van der Waals surface area contributed by atoms with Crippen molar-refractivity contribution in [1.29, 1.82) is 0 Å². The molecule has 0 amide bonds. The Morgan fingerprint density at radius 2 is 0.989 bits per heavy atom. The van der Waals surface area contributed by atoms with Crippen LogP contribution >= 0.6 is 0 Å². The van der Waals surface area contributed by atoms with E-state index in [0.29, 0.717) is 28.5 Å². The summed E-state index contributed by atoms with van der Waals surface area (Å²) in [4.78, 5) is 7.67. The van der Waals surface area contributed by atoms with E-state index in [1.807, 2.05) is 54.6 Å². The third kappa shape index (κ3) is 10.8. The van der Waals surface area contributed by atoms with Crippen molar-refractivity contribution in [2.24, 2.45) is 0 Å². The second-order valence-corrected chi connectivity index (χ2v) is 25.7. The second-order valence-electron chi connectivity index (χ2n) is 25.7. The monoisotopic (exact) mass is 1410 g/mol. The molecule has 8 aromatic carbocycles. The summed E-state index contributed by atoms with van der Waals surface area (Å²) < 4.78 is 168. The predicted octanol–water partition coefficient (Wildman–Crippen LogP) is 22.1. The smallest absolute Gasteiger partial charge is 0.200 e. The van der Waals surface area contributed by atoms with Crippen LogP contribution < -0.4 is 14.5 Å². The molecule has 2 aliphatic carbocycles. The Labute approximate surface area is 530 Å². The fourth-order valence-corrected chi connectivity index (χ4v) is 13.5. The van der Waals surface area contributed by atoms with Crippen LogP contribution in [0.3, 0.4) is 0 Å². The first kappa shape index (κ1) is 62.3. The third-order valence-electron chi connectivity index (χ3n) is 18.0. The van der Waals surface area contributed by atoms with Gasteiger partial charge in [-0.2, -0.15) is 6.07 Å². The molecule has 2 aromatic heterocycles. The SMILES string of the molecule is CC(C)(C)c1ccnc(-n2c3[c-]c(Oc4[c-]c(N5[CH-]N(c6c(-c7c(F)c(F)c(F)c(F)c7F)cc(C(C)(C)C)cc6-c6c(F)c(F)c(F)c(F)c6F)c6ccccc65)cc(-c5c(C6CCCCC6)cccc5C5CCCCC5)c4)ccc3c3ccccc32)c1.[Pt]. The van der Waals surface area contributed by atoms with E-state index < -0.39 is 91.5 Å². The van der Waals surface area contributed by atoms with Gasteiger partial charge in [-0.25, -0.2) is 48.9 Å². The second kappa shape index (κ2) is 24.0. The molecule has 0 spiro atoms. The van der Waals surface area contributed by atoms with Crippen molar-refractivity contribution in [3.8, 4) is 50.7 Å². The molecule has 5 nitrogen and oxygen atoms in total. The summed E-state index contributed by atoms with van der Waals surface area (Å²) in [5.41, 5.74) is 0.745. The van der Waals surface area contributed by atoms with Crippen LogP contribution in [0.5, 0.6) is 11.5 Å². The van der Waals surface area contributed by atoms with Gasteiger partial charge in [-0.05, 0) is 124 Å². The number of hydrogen-bond acceptors (Lipinski definition) is 4. The van der Waals surface area contributed by atoms with Crippen molar-refractivity contribution in [1.82, 2.24) is 9.55 Å². The first-order chi connectivity index (χ1) is 42.6. The van der Waals surface area contributed by atoms with Crippen LogP contribution in [0.1, 0.15) is 140 Å². The molecule has 90 heavy (non-hydrogen) atoms. The molecule has 2 saturated carbocycles. The molecule has 0 saturated heterocycles. The molecule has 2 fully saturated rings. The summed E-state index contributed by atoms with van der Waals surface area (Å²) in [5, 5.41) is 1.86. The molecule has 0 unspecified atom stereocenters. The number of para-hydroxylation sites is 3. The quantitative estimate of drug-likeness (QED) is 0.0591. The van der Waals surface area contributed by atoms with Crippen molar-refractivity contribution in [3.63, 3.8) is 0 Å². The molecule has 466 valence electrons. The largest absolute Gasteiger partial charge is 0.509 e. The number of anilines is 4. The van der Waals surface area contributed by atoms with Crippen LogP contribution in [-0.2, 0) is 31.9 Å². The maximum absolute atomic E-state index is 16.7. The van der Waals surface area contributed by atoms with Crippen LogP contribution in [0.15, 0.2) is 121 Å². The van der Waals surface area contributed by atoms with E-state index in [0.717, 1.165) is 109 Å². The van der Waals surface area contributed by atoms with E-state index in [2.05, 4.69) is 61.7 Å². The maximum atomic E-state index is 16.7. The zero-order valence-electron chi connectivity index (χ0n) is 50.1. The van der Waals surface area contributed by atoms with Gasteiger partial charge in [0, 0.05) is 72.5 Å². The Bertz CT molecular complexity index is 4290. The minimum atomic E-state index is -2.48. The van der Waals surface area contributed by atoms with E-state index in [1.54, 1.807) is 50.1 Å². The standard InChI is InChI=1S/C74H61F10N4O.Pt/c1-73(2,3)43-30-31-85-58(36-43)88-54-25-14-13-22-50(54)51-29-28-46(38-57(51)88)89-47-33-42(59-48(40-18-9-7-10-19-40)23-17-24-49(59)41-20-11-8-12-21-41)32-45(37-47)86-39-87(56-27-16-15-26-55(56)86)72-52(60-62(75)66(79)70(83)67(80)63(60)76)34-44(74(4,5)6)35-53(72)61-64(77)68(81)71(84)69(82)65(61)78;/h13-17,22-36,39-41H,7-12,18-21H2,1-6H3;/q-3;. The van der Waals surface area contributed by atoms with Gasteiger partial charge in [0.05, 0.1) is 11.1 Å². The van der Waals surface area contributed by atoms with E-state index in [1.165, 1.54) is 28.8 Å². The summed E-state index contributed by atoms with van der Waals surface area (Å²) >= 11 is 0.